The molecule has 1 aromatic heterocycles. The van der Waals surface area contributed by atoms with Gasteiger partial charge in [-0.3, -0.25) is 9.78 Å². The number of amides is 1. The Morgan fingerprint density at radius 1 is 1.28 bits per heavy atom. The molecule has 2 N–H and O–H groups in total. The first-order valence-electron chi connectivity index (χ1n) is 8.95. The van der Waals surface area contributed by atoms with E-state index in [0.717, 1.165) is 13.1 Å². The molecule has 144 valence electrons. The van der Waals surface area contributed by atoms with Gasteiger partial charge < -0.3 is 10.6 Å². The third kappa shape index (κ3) is 7.93. The summed E-state index contributed by atoms with van der Waals surface area (Å²) in [5.74, 6) is 2.13. The van der Waals surface area contributed by atoms with Crippen LogP contribution in [0.4, 0.5) is 0 Å². The van der Waals surface area contributed by atoms with E-state index in [-0.39, 0.29) is 30.7 Å². The van der Waals surface area contributed by atoms with Gasteiger partial charge in [-0.05, 0) is 55.3 Å². The first-order chi connectivity index (χ1) is 11.1. The molecule has 1 aliphatic rings. The molecule has 2 unspecified atom stereocenters. The van der Waals surface area contributed by atoms with Crippen molar-refractivity contribution in [3.63, 3.8) is 0 Å². The van der Waals surface area contributed by atoms with E-state index >= 15 is 0 Å². The molecule has 0 saturated carbocycles. The molecule has 1 saturated heterocycles. The summed E-state index contributed by atoms with van der Waals surface area (Å²) in [5.41, 5.74) is 1.20. The van der Waals surface area contributed by atoms with Crippen LogP contribution in [0.2, 0.25) is 0 Å². The Balaban J connectivity index is 0.00000288. The van der Waals surface area contributed by atoms with E-state index < -0.39 is 0 Å². The largest absolute Gasteiger partial charge is 0.355 e. The second-order valence-corrected chi connectivity index (χ2v) is 7.21. The van der Waals surface area contributed by atoms with Crippen LogP contribution in [0.3, 0.4) is 0 Å². The summed E-state index contributed by atoms with van der Waals surface area (Å²) in [4.78, 5) is 16.5. The third-order valence-corrected chi connectivity index (χ3v) is 5.13. The van der Waals surface area contributed by atoms with E-state index in [2.05, 4.69) is 42.5 Å². The molecule has 6 heteroatoms. The highest BCUT2D eigenvalue weighted by atomic mass is 35.5. The van der Waals surface area contributed by atoms with E-state index in [0.29, 0.717) is 36.6 Å². The first kappa shape index (κ1) is 24.2. The number of carbonyl (C=O) groups is 1. The Bertz CT molecular complexity index is 479. The van der Waals surface area contributed by atoms with Crippen molar-refractivity contribution in [3.8, 4) is 0 Å². The molecule has 1 aliphatic heterocycles. The summed E-state index contributed by atoms with van der Waals surface area (Å²) in [6.07, 6.45) is 6.73. The Morgan fingerprint density at radius 3 is 2.52 bits per heavy atom. The van der Waals surface area contributed by atoms with Gasteiger partial charge >= 0.3 is 0 Å². The number of nitrogens with zero attached hydrogens (tertiary/aromatic N) is 1. The second kappa shape index (κ2) is 12.5. The van der Waals surface area contributed by atoms with Gasteiger partial charge in [0.2, 0.25) is 5.91 Å². The number of hydrogen-bond acceptors (Lipinski definition) is 3. The van der Waals surface area contributed by atoms with E-state index in [1.165, 1.54) is 18.4 Å². The smallest absolute Gasteiger partial charge is 0.220 e. The molecule has 25 heavy (non-hydrogen) atoms. The fourth-order valence-electron chi connectivity index (χ4n) is 3.50. The van der Waals surface area contributed by atoms with Crippen molar-refractivity contribution in [2.24, 2.45) is 17.8 Å². The van der Waals surface area contributed by atoms with Gasteiger partial charge in [0.25, 0.3) is 0 Å². The fraction of sp³-hybridized carbons (Fsp3) is 0.684. The Labute approximate surface area is 164 Å². The second-order valence-electron chi connectivity index (χ2n) is 7.21. The van der Waals surface area contributed by atoms with Crippen LogP contribution >= 0.6 is 24.8 Å². The molecular formula is C19H33Cl2N3O. The molecular weight excluding hydrogens is 357 g/mol. The van der Waals surface area contributed by atoms with Crippen molar-refractivity contribution in [2.75, 3.05) is 19.6 Å². The van der Waals surface area contributed by atoms with Crippen LogP contribution in [-0.4, -0.2) is 30.5 Å². The van der Waals surface area contributed by atoms with Crippen molar-refractivity contribution in [3.05, 3.63) is 30.1 Å². The molecule has 0 spiro atoms. The van der Waals surface area contributed by atoms with Gasteiger partial charge in [-0.25, -0.2) is 0 Å². The van der Waals surface area contributed by atoms with Crippen LogP contribution < -0.4 is 10.6 Å². The van der Waals surface area contributed by atoms with Crippen molar-refractivity contribution in [2.45, 2.75) is 46.0 Å². The summed E-state index contributed by atoms with van der Waals surface area (Å²) in [6, 6.07) is 4.06. The van der Waals surface area contributed by atoms with Crippen LogP contribution in [0.5, 0.6) is 0 Å². The lowest BCUT2D eigenvalue weighted by atomic mass is 9.84. The number of piperidine rings is 1. The van der Waals surface area contributed by atoms with Crippen LogP contribution in [0.1, 0.15) is 51.5 Å². The highest BCUT2D eigenvalue weighted by molar-refractivity contribution is 5.85. The minimum Gasteiger partial charge on any atom is -0.355 e. The third-order valence-electron chi connectivity index (χ3n) is 5.13. The van der Waals surface area contributed by atoms with E-state index in [4.69, 9.17) is 0 Å². The van der Waals surface area contributed by atoms with Gasteiger partial charge in [0.05, 0.1) is 0 Å². The standard InChI is InChI=1S/C19H31N3O.2ClH/c1-14(2)18(17-5-4-8-21-12-17)13-22-19(23)11-15(3)16-6-9-20-10-7-16;;/h4-5,8,12,14-16,18,20H,6-7,9-11,13H2,1-3H3,(H,22,23);2*1H. The lowest BCUT2D eigenvalue weighted by Crippen LogP contribution is -2.35. The van der Waals surface area contributed by atoms with Gasteiger partial charge in [-0.2, -0.15) is 0 Å². The van der Waals surface area contributed by atoms with Crippen molar-refractivity contribution < 1.29 is 4.79 Å². The fourth-order valence-corrected chi connectivity index (χ4v) is 3.50. The molecule has 2 rings (SSSR count). The molecule has 4 nitrogen and oxygen atoms in total. The van der Waals surface area contributed by atoms with Gasteiger partial charge in [-0.15, -0.1) is 24.8 Å². The molecule has 2 atom stereocenters. The summed E-state index contributed by atoms with van der Waals surface area (Å²) in [5, 5.41) is 6.54. The van der Waals surface area contributed by atoms with Crippen molar-refractivity contribution in [1.29, 1.82) is 0 Å². The molecule has 0 aliphatic carbocycles. The van der Waals surface area contributed by atoms with Crippen LogP contribution in [0.25, 0.3) is 0 Å². The number of carbonyl (C=O) groups excluding carboxylic acids is 1. The maximum Gasteiger partial charge on any atom is 0.220 e. The predicted molar refractivity (Wildman–Crippen MR) is 109 cm³/mol. The number of halogens is 2. The first-order valence-corrected chi connectivity index (χ1v) is 8.95. The minimum atomic E-state index is 0. The van der Waals surface area contributed by atoms with Gasteiger partial charge in [-0.1, -0.05) is 26.8 Å². The van der Waals surface area contributed by atoms with E-state index in [1.54, 1.807) is 6.20 Å². The van der Waals surface area contributed by atoms with Gasteiger partial charge in [0.1, 0.15) is 0 Å². The summed E-state index contributed by atoms with van der Waals surface area (Å²) in [7, 11) is 0. The quantitative estimate of drug-likeness (QED) is 0.745. The SMILES string of the molecule is CC(C)C(CNC(=O)CC(C)C1CCNCC1)c1cccnc1.Cl.Cl. The lowest BCUT2D eigenvalue weighted by Gasteiger charge is -2.28. The predicted octanol–water partition coefficient (Wildman–Crippen LogP) is 3.81. The number of nitrogens with one attached hydrogen (secondary N) is 2. The van der Waals surface area contributed by atoms with E-state index in [9.17, 15) is 4.79 Å². The van der Waals surface area contributed by atoms with Gasteiger partial charge in [0.15, 0.2) is 0 Å². The minimum absolute atomic E-state index is 0. The summed E-state index contributed by atoms with van der Waals surface area (Å²) in [6.45, 7) is 9.49. The topological polar surface area (TPSA) is 54.0 Å². The molecule has 0 radical (unpaired) electrons. The molecule has 1 amide bonds. The number of rotatable bonds is 7. The normalized spacial score (nSPS) is 17.1. The summed E-state index contributed by atoms with van der Waals surface area (Å²) >= 11 is 0. The van der Waals surface area contributed by atoms with Crippen LogP contribution in [0, 0.1) is 17.8 Å². The van der Waals surface area contributed by atoms with Gasteiger partial charge in [0, 0.05) is 31.3 Å². The number of hydrogen-bond donors (Lipinski definition) is 2. The Morgan fingerprint density at radius 2 is 1.96 bits per heavy atom. The zero-order chi connectivity index (χ0) is 16.7. The average Bonchev–Trinajstić information content (AvgIpc) is 2.56. The average molecular weight is 390 g/mol. The highest BCUT2D eigenvalue weighted by Gasteiger charge is 2.23. The number of pyridine rings is 1. The monoisotopic (exact) mass is 389 g/mol. The van der Waals surface area contributed by atoms with E-state index in [1.807, 2.05) is 12.3 Å². The zero-order valence-electron chi connectivity index (χ0n) is 15.5. The maximum atomic E-state index is 12.3. The van der Waals surface area contributed by atoms with Crippen molar-refractivity contribution >= 4 is 30.7 Å². The molecule has 0 bridgehead atoms. The summed E-state index contributed by atoms with van der Waals surface area (Å²) < 4.78 is 0. The molecule has 0 aromatic carbocycles. The molecule has 1 aromatic rings. The molecule has 2 heterocycles. The molecule has 1 fully saturated rings. The highest BCUT2D eigenvalue weighted by Crippen LogP contribution is 2.25. The Kier molecular flexibility index (Phi) is 12.1. The van der Waals surface area contributed by atoms with Crippen LogP contribution in [0.15, 0.2) is 24.5 Å². The zero-order valence-corrected chi connectivity index (χ0v) is 17.2. The number of aromatic nitrogens is 1. The maximum absolute atomic E-state index is 12.3. The Hall–Kier alpha value is -0.840. The van der Waals surface area contributed by atoms with Crippen LogP contribution in [-0.2, 0) is 4.79 Å². The lowest BCUT2D eigenvalue weighted by molar-refractivity contribution is -0.122. The van der Waals surface area contributed by atoms with Crippen molar-refractivity contribution in [1.82, 2.24) is 15.6 Å².